The number of nitriles is 1. The van der Waals surface area contributed by atoms with Gasteiger partial charge in [0.1, 0.15) is 21.0 Å². The first-order chi connectivity index (χ1) is 9.42. The predicted octanol–water partition coefficient (Wildman–Crippen LogP) is 1.51. The Balaban J connectivity index is 2.24. The molecule has 0 aromatic carbocycles. The number of aromatic nitrogens is 1. The molecule has 9 heteroatoms. The number of pyridine rings is 1. The highest BCUT2D eigenvalue weighted by Crippen LogP contribution is 2.22. The maximum absolute atomic E-state index is 12.0. The highest BCUT2D eigenvalue weighted by atomic mass is 32.2. The van der Waals surface area contributed by atoms with Gasteiger partial charge in [-0.2, -0.15) is 5.26 Å². The quantitative estimate of drug-likeness (QED) is 0.883. The SMILES string of the molecule is N#Cc1ccc(S(=O)(=O)Nc2ccc(C(=O)O)cn2)s1. The van der Waals surface area contributed by atoms with Crippen LogP contribution in [0.2, 0.25) is 0 Å². The van der Waals surface area contributed by atoms with Gasteiger partial charge in [-0.05, 0) is 24.3 Å². The van der Waals surface area contributed by atoms with Crippen molar-refractivity contribution >= 4 is 33.1 Å². The van der Waals surface area contributed by atoms with E-state index < -0.39 is 16.0 Å². The summed E-state index contributed by atoms with van der Waals surface area (Å²) in [7, 11) is -3.83. The second-order valence-electron chi connectivity index (χ2n) is 3.57. The number of hydrogen-bond acceptors (Lipinski definition) is 6. The molecule has 0 aliphatic heterocycles. The molecule has 0 bridgehead atoms. The molecule has 0 unspecified atom stereocenters. The van der Waals surface area contributed by atoms with E-state index in [0.717, 1.165) is 17.5 Å². The van der Waals surface area contributed by atoms with Gasteiger partial charge in [0, 0.05) is 6.20 Å². The highest BCUT2D eigenvalue weighted by molar-refractivity contribution is 7.94. The van der Waals surface area contributed by atoms with Gasteiger partial charge in [0.2, 0.25) is 0 Å². The molecule has 2 rings (SSSR count). The fraction of sp³-hybridized carbons (Fsp3) is 0. The summed E-state index contributed by atoms with van der Waals surface area (Å²) in [5.41, 5.74) is -0.0455. The van der Waals surface area contributed by atoms with Crippen LogP contribution in [-0.2, 0) is 10.0 Å². The lowest BCUT2D eigenvalue weighted by Gasteiger charge is -2.05. The number of carbonyl (C=O) groups is 1. The Morgan fingerprint density at radius 2 is 2.10 bits per heavy atom. The lowest BCUT2D eigenvalue weighted by molar-refractivity contribution is 0.0696. The van der Waals surface area contributed by atoms with Gasteiger partial charge in [0.25, 0.3) is 10.0 Å². The van der Waals surface area contributed by atoms with E-state index in [-0.39, 0.29) is 20.5 Å². The van der Waals surface area contributed by atoms with Gasteiger partial charge in [-0.1, -0.05) is 0 Å². The number of carboxylic acids is 1. The van der Waals surface area contributed by atoms with Gasteiger partial charge < -0.3 is 5.11 Å². The van der Waals surface area contributed by atoms with E-state index in [2.05, 4.69) is 9.71 Å². The average molecular weight is 309 g/mol. The normalized spacial score (nSPS) is 10.8. The molecule has 2 aromatic heterocycles. The van der Waals surface area contributed by atoms with Crippen LogP contribution in [0.5, 0.6) is 0 Å². The Labute approximate surface area is 118 Å². The fourth-order valence-electron chi connectivity index (χ4n) is 1.29. The number of rotatable bonds is 4. The first-order valence-electron chi connectivity index (χ1n) is 5.14. The summed E-state index contributed by atoms with van der Waals surface area (Å²) in [6.07, 6.45) is 1.05. The number of nitrogens with one attached hydrogen (secondary N) is 1. The van der Waals surface area contributed by atoms with Crippen molar-refractivity contribution in [2.24, 2.45) is 0 Å². The number of carboxylic acid groups (broad SMARTS) is 1. The average Bonchev–Trinajstić information content (AvgIpc) is 2.88. The zero-order chi connectivity index (χ0) is 14.8. The number of thiophene rings is 1. The van der Waals surface area contributed by atoms with E-state index in [1.54, 1.807) is 0 Å². The molecule has 0 aliphatic rings. The van der Waals surface area contributed by atoms with E-state index in [0.29, 0.717) is 0 Å². The largest absolute Gasteiger partial charge is 0.478 e. The predicted molar refractivity (Wildman–Crippen MR) is 71.0 cm³/mol. The van der Waals surface area contributed by atoms with Crippen LogP contribution >= 0.6 is 11.3 Å². The van der Waals surface area contributed by atoms with Crippen LogP contribution in [0.15, 0.2) is 34.7 Å². The van der Waals surface area contributed by atoms with Crippen LogP contribution in [-0.4, -0.2) is 24.5 Å². The van der Waals surface area contributed by atoms with Crippen molar-refractivity contribution in [3.63, 3.8) is 0 Å². The first kappa shape index (κ1) is 14.0. The third-order valence-electron chi connectivity index (χ3n) is 2.21. The molecule has 0 atom stereocenters. The van der Waals surface area contributed by atoms with Crippen LogP contribution in [0.1, 0.15) is 15.2 Å². The van der Waals surface area contributed by atoms with Crippen molar-refractivity contribution in [3.8, 4) is 6.07 Å². The lowest BCUT2D eigenvalue weighted by Crippen LogP contribution is -2.12. The van der Waals surface area contributed by atoms with Crippen LogP contribution in [0.3, 0.4) is 0 Å². The summed E-state index contributed by atoms with van der Waals surface area (Å²) in [5.74, 6) is -1.15. The third kappa shape index (κ3) is 2.93. The van der Waals surface area contributed by atoms with Gasteiger partial charge in [0.15, 0.2) is 0 Å². The summed E-state index contributed by atoms with van der Waals surface area (Å²) in [6, 6.07) is 7.06. The van der Waals surface area contributed by atoms with Gasteiger partial charge in [-0.3, -0.25) is 4.72 Å². The molecule has 102 valence electrons. The second kappa shape index (κ2) is 5.28. The zero-order valence-corrected chi connectivity index (χ0v) is 11.4. The topological polar surface area (TPSA) is 120 Å². The summed E-state index contributed by atoms with van der Waals surface area (Å²) in [6.45, 7) is 0. The van der Waals surface area contributed by atoms with E-state index >= 15 is 0 Å². The van der Waals surface area contributed by atoms with Crippen molar-refractivity contribution < 1.29 is 18.3 Å². The Morgan fingerprint density at radius 1 is 1.35 bits per heavy atom. The van der Waals surface area contributed by atoms with E-state index in [4.69, 9.17) is 10.4 Å². The van der Waals surface area contributed by atoms with Crippen molar-refractivity contribution in [2.75, 3.05) is 4.72 Å². The molecule has 0 fully saturated rings. The highest BCUT2D eigenvalue weighted by Gasteiger charge is 2.17. The molecule has 20 heavy (non-hydrogen) atoms. The summed E-state index contributed by atoms with van der Waals surface area (Å²) in [4.78, 5) is 14.6. The van der Waals surface area contributed by atoms with Gasteiger partial charge in [-0.25, -0.2) is 18.2 Å². The minimum Gasteiger partial charge on any atom is -0.478 e. The van der Waals surface area contributed by atoms with E-state index in [9.17, 15) is 13.2 Å². The number of sulfonamides is 1. The number of anilines is 1. The summed E-state index contributed by atoms with van der Waals surface area (Å²) in [5, 5.41) is 17.4. The van der Waals surface area contributed by atoms with Crippen molar-refractivity contribution in [1.29, 1.82) is 5.26 Å². The molecule has 2 aromatic rings. The smallest absolute Gasteiger partial charge is 0.337 e. The van der Waals surface area contributed by atoms with Crippen LogP contribution in [0, 0.1) is 11.3 Å². The molecule has 0 spiro atoms. The van der Waals surface area contributed by atoms with Crippen molar-refractivity contribution in [1.82, 2.24) is 4.98 Å². The molecular formula is C11H7N3O4S2. The molecule has 0 radical (unpaired) electrons. The number of nitrogens with zero attached hydrogens (tertiary/aromatic N) is 2. The van der Waals surface area contributed by atoms with Crippen LogP contribution in [0.4, 0.5) is 5.82 Å². The monoisotopic (exact) mass is 309 g/mol. The molecule has 0 aliphatic carbocycles. The lowest BCUT2D eigenvalue weighted by atomic mass is 10.3. The van der Waals surface area contributed by atoms with Gasteiger partial charge in [0.05, 0.1) is 5.56 Å². The second-order valence-corrected chi connectivity index (χ2v) is 6.57. The maximum Gasteiger partial charge on any atom is 0.337 e. The van der Waals surface area contributed by atoms with Crippen molar-refractivity contribution in [2.45, 2.75) is 4.21 Å². The molecule has 0 amide bonds. The number of aromatic carboxylic acids is 1. The van der Waals surface area contributed by atoms with Gasteiger partial charge in [-0.15, -0.1) is 11.3 Å². The van der Waals surface area contributed by atoms with Crippen LogP contribution < -0.4 is 4.72 Å². The first-order valence-corrected chi connectivity index (χ1v) is 7.44. The molecule has 2 heterocycles. The van der Waals surface area contributed by atoms with E-state index in [1.807, 2.05) is 6.07 Å². The zero-order valence-electron chi connectivity index (χ0n) is 9.77. The van der Waals surface area contributed by atoms with Gasteiger partial charge >= 0.3 is 5.97 Å². The van der Waals surface area contributed by atoms with Crippen LogP contribution in [0.25, 0.3) is 0 Å². The third-order valence-corrected chi connectivity index (χ3v) is 5.04. The summed E-state index contributed by atoms with van der Waals surface area (Å²) >= 11 is 0.834. The Morgan fingerprint density at radius 3 is 2.60 bits per heavy atom. The molecular weight excluding hydrogens is 302 g/mol. The molecule has 7 nitrogen and oxygen atoms in total. The Hall–Kier alpha value is -2.44. The Bertz CT molecular complexity index is 788. The van der Waals surface area contributed by atoms with E-state index in [1.165, 1.54) is 24.3 Å². The Kier molecular flexibility index (Phi) is 3.69. The molecule has 0 saturated carbocycles. The number of hydrogen-bond donors (Lipinski definition) is 2. The summed E-state index contributed by atoms with van der Waals surface area (Å²) < 4.78 is 26.2. The maximum atomic E-state index is 12.0. The standard InChI is InChI=1S/C11H7N3O4S2/c12-5-8-2-4-10(19-8)20(17,18)14-9-3-1-7(6-13-9)11(15)16/h1-4,6H,(H,13,14)(H,15,16). The fourth-order valence-corrected chi connectivity index (χ4v) is 3.40. The van der Waals surface area contributed by atoms with Crippen molar-refractivity contribution in [3.05, 3.63) is 40.9 Å². The minimum atomic E-state index is -3.83. The molecule has 2 N–H and O–H groups in total. The molecule has 0 saturated heterocycles. The minimum absolute atomic E-state index is 0.00177.